The second-order valence-corrected chi connectivity index (χ2v) is 13.9. The number of ether oxygens (including phenoxy) is 2. The smallest absolute Gasteiger partial charge is 0.462 e. The molecule has 3 N–H and O–H groups in total. The van der Waals surface area contributed by atoms with Gasteiger partial charge in [0, 0.05) is 19.4 Å². The molecule has 1 unspecified atom stereocenters. The van der Waals surface area contributed by atoms with Gasteiger partial charge in [-0.05, 0) is 51.4 Å². The van der Waals surface area contributed by atoms with Crippen LogP contribution in [0.4, 0.5) is 0 Å². The number of carbonyl (C=O) groups is 2. The molecular formula is C38H70NO8P. The number of phosphoric acid groups is 1. The van der Waals surface area contributed by atoms with Crippen molar-refractivity contribution in [3.05, 3.63) is 36.5 Å². The number of nitrogens with two attached hydrogens (primary N) is 1. The van der Waals surface area contributed by atoms with E-state index in [0.29, 0.717) is 6.42 Å². The molecule has 0 spiro atoms. The van der Waals surface area contributed by atoms with E-state index in [1.807, 2.05) is 0 Å². The quantitative estimate of drug-likeness (QED) is 0.0287. The minimum absolute atomic E-state index is 0.0495. The zero-order chi connectivity index (χ0) is 35.4. The average Bonchev–Trinajstić information content (AvgIpc) is 3.07. The van der Waals surface area contributed by atoms with Crippen LogP contribution in [0.15, 0.2) is 36.5 Å². The van der Waals surface area contributed by atoms with E-state index in [4.69, 9.17) is 24.3 Å². The molecule has 0 aromatic rings. The highest BCUT2D eigenvalue weighted by atomic mass is 31.2. The lowest BCUT2D eigenvalue weighted by atomic mass is 10.1. The molecule has 2 atom stereocenters. The molecule has 10 heteroatoms. The third-order valence-electron chi connectivity index (χ3n) is 7.78. The van der Waals surface area contributed by atoms with Gasteiger partial charge in [0.25, 0.3) is 0 Å². The molecule has 0 rings (SSSR count). The van der Waals surface area contributed by atoms with E-state index in [0.717, 1.165) is 57.8 Å². The van der Waals surface area contributed by atoms with E-state index in [9.17, 15) is 19.0 Å². The van der Waals surface area contributed by atoms with Crippen LogP contribution in [-0.4, -0.2) is 49.3 Å². The summed E-state index contributed by atoms with van der Waals surface area (Å²) in [5, 5.41) is 0. The van der Waals surface area contributed by atoms with E-state index < -0.39 is 32.5 Å². The van der Waals surface area contributed by atoms with Crippen molar-refractivity contribution in [3.63, 3.8) is 0 Å². The average molecular weight is 700 g/mol. The van der Waals surface area contributed by atoms with Gasteiger partial charge >= 0.3 is 19.8 Å². The molecule has 0 amide bonds. The summed E-state index contributed by atoms with van der Waals surface area (Å²) in [6.45, 7) is 3.65. The topological polar surface area (TPSA) is 134 Å². The van der Waals surface area contributed by atoms with Crippen LogP contribution in [0.25, 0.3) is 0 Å². The van der Waals surface area contributed by atoms with Gasteiger partial charge in [-0.15, -0.1) is 0 Å². The summed E-state index contributed by atoms with van der Waals surface area (Å²) >= 11 is 0. The predicted octanol–water partition coefficient (Wildman–Crippen LogP) is 10.2. The van der Waals surface area contributed by atoms with Crippen molar-refractivity contribution < 1.29 is 37.6 Å². The molecule has 0 aliphatic carbocycles. The molecule has 0 aromatic carbocycles. The number of allylic oxidation sites excluding steroid dienone is 6. The van der Waals surface area contributed by atoms with E-state index in [1.165, 1.54) is 70.6 Å². The van der Waals surface area contributed by atoms with E-state index in [2.05, 4.69) is 50.3 Å². The summed E-state index contributed by atoms with van der Waals surface area (Å²) in [5.74, 6) is -0.856. The molecule has 0 aliphatic rings. The number of hydrogen-bond donors (Lipinski definition) is 2. The maximum atomic E-state index is 12.5. The summed E-state index contributed by atoms with van der Waals surface area (Å²) in [7, 11) is -4.37. The Balaban J connectivity index is 4.27. The first-order valence-electron chi connectivity index (χ1n) is 19.0. The fourth-order valence-corrected chi connectivity index (χ4v) is 5.70. The molecule has 0 fully saturated rings. The first kappa shape index (κ1) is 46.2. The molecule has 0 saturated carbocycles. The molecule has 280 valence electrons. The Hall–Kier alpha value is -1.77. The Kier molecular flexibility index (Phi) is 33.8. The van der Waals surface area contributed by atoms with E-state index >= 15 is 0 Å². The Morgan fingerprint density at radius 3 is 1.65 bits per heavy atom. The van der Waals surface area contributed by atoms with Crippen LogP contribution < -0.4 is 5.73 Å². The van der Waals surface area contributed by atoms with E-state index in [1.54, 1.807) is 0 Å². The van der Waals surface area contributed by atoms with E-state index in [-0.39, 0.29) is 32.6 Å². The van der Waals surface area contributed by atoms with Crippen molar-refractivity contribution in [2.24, 2.45) is 5.73 Å². The molecule has 0 radical (unpaired) electrons. The van der Waals surface area contributed by atoms with Crippen molar-refractivity contribution >= 4 is 19.8 Å². The highest BCUT2D eigenvalue weighted by molar-refractivity contribution is 7.47. The second-order valence-electron chi connectivity index (χ2n) is 12.4. The monoisotopic (exact) mass is 699 g/mol. The lowest BCUT2D eigenvalue weighted by Gasteiger charge is -2.19. The normalized spacial score (nSPS) is 13.8. The first-order valence-corrected chi connectivity index (χ1v) is 20.5. The van der Waals surface area contributed by atoms with Gasteiger partial charge in [0.15, 0.2) is 6.10 Å². The van der Waals surface area contributed by atoms with Crippen LogP contribution in [0.3, 0.4) is 0 Å². The zero-order valence-corrected chi connectivity index (χ0v) is 31.4. The van der Waals surface area contributed by atoms with Crippen LogP contribution in [0.2, 0.25) is 0 Å². The fourth-order valence-electron chi connectivity index (χ4n) is 4.93. The number of unbranched alkanes of at least 4 members (excludes halogenated alkanes) is 16. The highest BCUT2D eigenvalue weighted by Gasteiger charge is 2.25. The summed E-state index contributed by atoms with van der Waals surface area (Å²) in [5.41, 5.74) is 5.32. The summed E-state index contributed by atoms with van der Waals surface area (Å²) in [6.07, 6.45) is 36.0. The number of carbonyl (C=O) groups excluding carboxylic acids is 2. The maximum Gasteiger partial charge on any atom is 0.472 e. The molecule has 48 heavy (non-hydrogen) atoms. The Labute approximate surface area is 293 Å². The molecular weight excluding hydrogens is 629 g/mol. The predicted molar refractivity (Wildman–Crippen MR) is 197 cm³/mol. The minimum atomic E-state index is -4.37. The third-order valence-corrected chi connectivity index (χ3v) is 8.76. The second kappa shape index (κ2) is 35.1. The van der Waals surface area contributed by atoms with Crippen LogP contribution >= 0.6 is 7.82 Å². The van der Waals surface area contributed by atoms with Crippen LogP contribution in [0.5, 0.6) is 0 Å². The Bertz CT molecular complexity index is 892. The van der Waals surface area contributed by atoms with Crippen LogP contribution in [-0.2, 0) is 32.7 Å². The molecule has 0 heterocycles. The lowest BCUT2D eigenvalue weighted by molar-refractivity contribution is -0.161. The highest BCUT2D eigenvalue weighted by Crippen LogP contribution is 2.43. The van der Waals surface area contributed by atoms with Gasteiger partial charge < -0.3 is 20.1 Å². The van der Waals surface area contributed by atoms with Crippen molar-refractivity contribution in [2.75, 3.05) is 26.4 Å². The SMILES string of the molecule is CCCCC/C=C\C/C=C\C/C=C\CCCCCCC(=O)O[C@H](COC(=O)CCCCCCCCCCCC)COP(=O)(O)OCCN. The fraction of sp³-hybridized carbons (Fsp3) is 0.789. The Morgan fingerprint density at radius 1 is 0.625 bits per heavy atom. The van der Waals surface area contributed by atoms with Gasteiger partial charge in [-0.2, -0.15) is 0 Å². The van der Waals surface area contributed by atoms with Gasteiger partial charge in [-0.1, -0.05) is 134 Å². The first-order chi connectivity index (χ1) is 23.3. The molecule has 9 nitrogen and oxygen atoms in total. The molecule has 0 bridgehead atoms. The van der Waals surface area contributed by atoms with Gasteiger partial charge in [-0.25, -0.2) is 4.57 Å². The third kappa shape index (κ3) is 34.1. The van der Waals surface area contributed by atoms with Crippen LogP contribution in [0.1, 0.15) is 162 Å². The van der Waals surface area contributed by atoms with Crippen molar-refractivity contribution in [3.8, 4) is 0 Å². The minimum Gasteiger partial charge on any atom is -0.462 e. The summed E-state index contributed by atoms with van der Waals surface area (Å²) in [4.78, 5) is 34.6. The largest absolute Gasteiger partial charge is 0.472 e. The summed E-state index contributed by atoms with van der Waals surface area (Å²) in [6, 6.07) is 0. The van der Waals surface area contributed by atoms with Crippen molar-refractivity contribution in [1.82, 2.24) is 0 Å². The summed E-state index contributed by atoms with van der Waals surface area (Å²) < 4.78 is 32.6. The number of rotatable bonds is 35. The van der Waals surface area contributed by atoms with Crippen molar-refractivity contribution in [1.29, 1.82) is 0 Å². The number of esters is 2. The Morgan fingerprint density at radius 2 is 1.08 bits per heavy atom. The zero-order valence-electron chi connectivity index (χ0n) is 30.5. The van der Waals surface area contributed by atoms with Gasteiger partial charge in [0.2, 0.25) is 0 Å². The lowest BCUT2D eigenvalue weighted by Crippen LogP contribution is -2.29. The molecule has 0 aromatic heterocycles. The molecule has 0 saturated heterocycles. The number of phosphoric ester groups is 1. The van der Waals surface area contributed by atoms with Crippen LogP contribution in [0, 0.1) is 0 Å². The maximum absolute atomic E-state index is 12.5. The van der Waals surface area contributed by atoms with Gasteiger partial charge in [-0.3, -0.25) is 18.6 Å². The van der Waals surface area contributed by atoms with Gasteiger partial charge in [0.05, 0.1) is 13.2 Å². The molecule has 0 aliphatic heterocycles. The number of hydrogen-bond acceptors (Lipinski definition) is 8. The van der Waals surface area contributed by atoms with Gasteiger partial charge in [0.1, 0.15) is 6.61 Å². The standard InChI is InChI=1S/C38H70NO8P/c1-3-5-7-9-11-13-15-16-17-18-19-20-21-23-25-27-29-31-38(41)47-36(35-46-48(42,43)45-33-32-39)34-44-37(40)30-28-26-24-22-14-12-10-8-6-4-2/h11,13,16-17,19-20,36H,3-10,12,14-15,18,21-35,39H2,1-2H3,(H,42,43)/b13-11-,17-16-,20-19-/t36-/m1/s1. The van der Waals surface area contributed by atoms with Crippen molar-refractivity contribution in [2.45, 2.75) is 168 Å².